The molecule has 0 fully saturated rings. The third-order valence-electron chi connectivity index (χ3n) is 3.05. The third kappa shape index (κ3) is 3.25. The van der Waals surface area contributed by atoms with Crippen molar-refractivity contribution < 1.29 is 4.79 Å². The van der Waals surface area contributed by atoms with Crippen LogP contribution in [0.5, 0.6) is 0 Å². The Hall–Kier alpha value is -2.83. The van der Waals surface area contributed by atoms with E-state index >= 15 is 0 Å². The summed E-state index contributed by atoms with van der Waals surface area (Å²) < 4.78 is 0. The molecule has 0 saturated carbocycles. The smallest absolute Gasteiger partial charge is 0.247 e. The van der Waals surface area contributed by atoms with E-state index in [0.717, 1.165) is 11.4 Å². The summed E-state index contributed by atoms with van der Waals surface area (Å²) in [4.78, 5) is 14.6. The molecule has 0 spiro atoms. The summed E-state index contributed by atoms with van der Waals surface area (Å²) in [5, 5.41) is 1.88. The maximum absolute atomic E-state index is 12.1. The number of ketones is 1. The van der Waals surface area contributed by atoms with Gasteiger partial charge in [-0.2, -0.15) is 0 Å². The first-order valence-corrected chi connectivity index (χ1v) is 7.72. The van der Waals surface area contributed by atoms with E-state index in [2.05, 4.69) is 12.0 Å². The number of hydrogen-bond acceptors (Lipinski definition) is 3. The van der Waals surface area contributed by atoms with Gasteiger partial charge >= 0.3 is 0 Å². The molecule has 1 heterocycles. The highest BCUT2D eigenvalue weighted by molar-refractivity contribution is 7.12. The first-order chi connectivity index (χ1) is 10.8. The Balaban J connectivity index is 1.96. The third-order valence-corrected chi connectivity index (χ3v) is 3.92. The zero-order valence-corrected chi connectivity index (χ0v) is 12.6. The van der Waals surface area contributed by atoms with Gasteiger partial charge in [-0.25, -0.2) is 0 Å². The molecule has 3 rings (SSSR count). The zero-order valence-electron chi connectivity index (χ0n) is 11.8. The van der Waals surface area contributed by atoms with Crippen molar-refractivity contribution in [2.75, 3.05) is 4.90 Å². The fourth-order valence-corrected chi connectivity index (χ4v) is 2.63. The predicted octanol–water partition coefficient (Wildman–Crippen LogP) is 4.73. The van der Waals surface area contributed by atoms with E-state index in [4.69, 9.17) is 0 Å². The van der Waals surface area contributed by atoms with Gasteiger partial charge in [0.15, 0.2) is 0 Å². The van der Waals surface area contributed by atoms with Crippen LogP contribution in [0.4, 0.5) is 11.4 Å². The zero-order chi connectivity index (χ0) is 15.2. The van der Waals surface area contributed by atoms with Gasteiger partial charge in [-0.05, 0) is 35.7 Å². The lowest BCUT2D eigenvalue weighted by molar-refractivity contribution is 0.106. The average Bonchev–Trinajstić information content (AvgIpc) is 3.11. The molecule has 0 amide bonds. The molecular formula is C19H13NOS. The molecule has 0 N–H and O–H groups in total. The number of Topliss-reactive ketones (excluding diaryl/α,β-unsaturated/α-hetero) is 1. The molecule has 0 aliphatic rings. The van der Waals surface area contributed by atoms with E-state index in [1.807, 2.05) is 77.0 Å². The SMILES string of the molecule is O=C(C#CN(c1ccccc1)c1ccccc1)c1cccs1. The van der Waals surface area contributed by atoms with Crippen LogP contribution in [0.3, 0.4) is 0 Å². The summed E-state index contributed by atoms with van der Waals surface area (Å²) in [6.45, 7) is 0. The summed E-state index contributed by atoms with van der Waals surface area (Å²) >= 11 is 1.40. The van der Waals surface area contributed by atoms with Gasteiger partial charge in [0.1, 0.15) is 0 Å². The quantitative estimate of drug-likeness (QED) is 0.396. The van der Waals surface area contributed by atoms with Crippen LogP contribution in [0, 0.1) is 12.0 Å². The number of benzene rings is 2. The highest BCUT2D eigenvalue weighted by atomic mass is 32.1. The summed E-state index contributed by atoms with van der Waals surface area (Å²) in [6, 6.07) is 26.2. The molecule has 0 atom stereocenters. The molecule has 1 aromatic heterocycles. The van der Waals surface area contributed by atoms with Gasteiger partial charge in [0.05, 0.1) is 16.3 Å². The van der Waals surface area contributed by atoms with Crippen LogP contribution in [0.25, 0.3) is 0 Å². The number of thiophene rings is 1. The molecule has 0 saturated heterocycles. The second-order valence-electron chi connectivity index (χ2n) is 4.55. The van der Waals surface area contributed by atoms with Crippen molar-refractivity contribution in [3.8, 4) is 12.0 Å². The first kappa shape index (κ1) is 14.1. The Morgan fingerprint density at radius 1 is 0.818 bits per heavy atom. The van der Waals surface area contributed by atoms with E-state index in [9.17, 15) is 4.79 Å². The van der Waals surface area contributed by atoms with E-state index in [0.29, 0.717) is 4.88 Å². The van der Waals surface area contributed by atoms with Crippen molar-refractivity contribution in [2.24, 2.45) is 0 Å². The Morgan fingerprint density at radius 3 is 1.91 bits per heavy atom. The maximum atomic E-state index is 12.1. The van der Waals surface area contributed by atoms with E-state index in [-0.39, 0.29) is 5.78 Å². The largest absolute Gasteiger partial charge is 0.278 e. The van der Waals surface area contributed by atoms with Gasteiger partial charge in [-0.1, -0.05) is 42.5 Å². The number of rotatable bonds is 3. The summed E-state index contributed by atoms with van der Waals surface area (Å²) in [5.74, 6) is 2.57. The van der Waals surface area contributed by atoms with E-state index in [1.54, 1.807) is 6.07 Å². The van der Waals surface area contributed by atoms with E-state index < -0.39 is 0 Å². The minimum atomic E-state index is -0.160. The number of carbonyl (C=O) groups is 1. The molecule has 22 heavy (non-hydrogen) atoms. The second kappa shape index (κ2) is 6.75. The van der Waals surface area contributed by atoms with Crippen LogP contribution >= 0.6 is 11.3 Å². The van der Waals surface area contributed by atoms with Crippen LogP contribution in [0.1, 0.15) is 9.67 Å². The summed E-state index contributed by atoms with van der Waals surface area (Å²) in [6.07, 6.45) is 0. The van der Waals surface area contributed by atoms with Gasteiger partial charge in [-0.15, -0.1) is 11.3 Å². The monoisotopic (exact) mass is 303 g/mol. The van der Waals surface area contributed by atoms with Crippen LogP contribution < -0.4 is 4.90 Å². The molecule has 0 bridgehead atoms. The number of carbonyl (C=O) groups excluding carboxylic acids is 1. The molecule has 0 radical (unpaired) electrons. The first-order valence-electron chi connectivity index (χ1n) is 6.84. The molecule has 106 valence electrons. The van der Waals surface area contributed by atoms with Crippen molar-refractivity contribution in [1.29, 1.82) is 0 Å². The Morgan fingerprint density at radius 2 is 1.41 bits per heavy atom. The lowest BCUT2D eigenvalue weighted by atomic mass is 10.2. The topological polar surface area (TPSA) is 20.3 Å². The Bertz CT molecular complexity index is 759. The van der Waals surface area contributed by atoms with Crippen molar-refractivity contribution in [3.63, 3.8) is 0 Å². The fourth-order valence-electron chi connectivity index (χ4n) is 2.01. The molecular weight excluding hydrogens is 290 g/mol. The number of anilines is 2. The van der Waals surface area contributed by atoms with Crippen molar-refractivity contribution in [3.05, 3.63) is 83.1 Å². The van der Waals surface area contributed by atoms with Gasteiger partial charge in [0, 0.05) is 12.0 Å². The molecule has 0 unspecified atom stereocenters. The van der Waals surface area contributed by atoms with Crippen LogP contribution in [0.2, 0.25) is 0 Å². The van der Waals surface area contributed by atoms with Gasteiger partial charge in [0.25, 0.3) is 0 Å². The van der Waals surface area contributed by atoms with Crippen LogP contribution in [-0.4, -0.2) is 5.78 Å². The van der Waals surface area contributed by atoms with Crippen molar-refractivity contribution in [1.82, 2.24) is 0 Å². The molecule has 0 aliphatic heterocycles. The van der Waals surface area contributed by atoms with Gasteiger partial charge in [-0.3, -0.25) is 9.69 Å². The normalized spacial score (nSPS) is 9.64. The van der Waals surface area contributed by atoms with Crippen molar-refractivity contribution in [2.45, 2.75) is 0 Å². The standard InChI is InChI=1S/C19H13NOS/c21-18(19-12-7-15-22-19)13-14-20(16-8-3-1-4-9-16)17-10-5-2-6-11-17/h1-12,15H. The predicted molar refractivity (Wildman–Crippen MR) is 91.4 cm³/mol. The minimum absolute atomic E-state index is 0.160. The number of nitrogens with zero attached hydrogens (tertiary/aromatic N) is 1. The lowest BCUT2D eigenvalue weighted by Crippen LogP contribution is -2.09. The molecule has 3 aromatic rings. The number of hydrogen-bond donors (Lipinski definition) is 0. The average molecular weight is 303 g/mol. The highest BCUT2D eigenvalue weighted by Gasteiger charge is 2.07. The molecule has 3 heteroatoms. The minimum Gasteiger partial charge on any atom is -0.278 e. The van der Waals surface area contributed by atoms with Gasteiger partial charge in [0.2, 0.25) is 5.78 Å². The fraction of sp³-hybridized carbons (Fsp3) is 0. The van der Waals surface area contributed by atoms with Crippen LogP contribution in [0.15, 0.2) is 78.2 Å². The number of para-hydroxylation sites is 2. The highest BCUT2D eigenvalue weighted by Crippen LogP contribution is 2.23. The second-order valence-corrected chi connectivity index (χ2v) is 5.50. The summed E-state index contributed by atoms with van der Waals surface area (Å²) in [7, 11) is 0. The Labute approximate surface area is 133 Å². The molecule has 0 aliphatic carbocycles. The van der Waals surface area contributed by atoms with Gasteiger partial charge < -0.3 is 0 Å². The molecule has 2 aromatic carbocycles. The lowest BCUT2D eigenvalue weighted by Gasteiger charge is -2.17. The van der Waals surface area contributed by atoms with Crippen molar-refractivity contribution >= 4 is 28.5 Å². The Kier molecular flexibility index (Phi) is 4.33. The maximum Gasteiger partial charge on any atom is 0.247 e. The van der Waals surface area contributed by atoms with Crippen LogP contribution in [-0.2, 0) is 0 Å². The molecule has 2 nitrogen and oxygen atoms in total. The summed E-state index contributed by atoms with van der Waals surface area (Å²) in [5.41, 5.74) is 1.86. The van der Waals surface area contributed by atoms with E-state index in [1.165, 1.54) is 11.3 Å².